The molecular formula is C22H33ClN2O2. The van der Waals surface area contributed by atoms with Crippen LogP contribution < -0.4 is 14.8 Å². The number of halogens is 1. The SMILES string of the molecule is C=C(C)/C(Cl)=C\N=C(/C)Nc1cc(C)c(OC(CC)CCCC)cc1OC. The number of ether oxygens (including phenoxy) is 2. The number of allylic oxidation sites excluding steroid dienone is 2. The molecule has 27 heavy (non-hydrogen) atoms. The largest absolute Gasteiger partial charge is 0.494 e. The molecule has 1 N–H and O–H groups in total. The molecule has 0 heterocycles. The Labute approximate surface area is 169 Å². The van der Waals surface area contributed by atoms with E-state index in [2.05, 4.69) is 30.7 Å². The van der Waals surface area contributed by atoms with Gasteiger partial charge >= 0.3 is 0 Å². The van der Waals surface area contributed by atoms with Crippen LogP contribution in [0.3, 0.4) is 0 Å². The molecule has 0 saturated heterocycles. The normalized spacial score (nSPS) is 13.3. The number of nitrogens with one attached hydrogen (secondary N) is 1. The third-order valence-corrected chi connectivity index (χ3v) is 4.64. The van der Waals surface area contributed by atoms with Crippen LogP contribution in [0, 0.1) is 6.92 Å². The van der Waals surface area contributed by atoms with E-state index in [0.29, 0.717) is 16.6 Å². The van der Waals surface area contributed by atoms with Crippen molar-refractivity contribution >= 4 is 23.1 Å². The number of anilines is 1. The highest BCUT2D eigenvalue weighted by Gasteiger charge is 2.14. The first-order valence-corrected chi connectivity index (χ1v) is 9.88. The van der Waals surface area contributed by atoms with Crippen molar-refractivity contribution in [3.8, 4) is 11.5 Å². The third kappa shape index (κ3) is 7.67. The first-order valence-electron chi connectivity index (χ1n) is 9.50. The number of aryl methyl sites for hydroxylation is 1. The molecule has 4 nitrogen and oxygen atoms in total. The summed E-state index contributed by atoms with van der Waals surface area (Å²) in [5.41, 5.74) is 2.67. The van der Waals surface area contributed by atoms with Crippen LogP contribution in [0.2, 0.25) is 0 Å². The molecular weight excluding hydrogens is 360 g/mol. The minimum atomic E-state index is 0.227. The summed E-state index contributed by atoms with van der Waals surface area (Å²) in [7, 11) is 1.65. The molecule has 1 atom stereocenters. The lowest BCUT2D eigenvalue weighted by Gasteiger charge is -2.21. The Bertz CT molecular complexity index is 696. The molecule has 0 saturated carbocycles. The summed E-state index contributed by atoms with van der Waals surface area (Å²) in [6.07, 6.45) is 6.21. The lowest BCUT2D eigenvalue weighted by Crippen LogP contribution is -2.16. The molecule has 0 radical (unpaired) electrons. The highest BCUT2D eigenvalue weighted by Crippen LogP contribution is 2.34. The summed E-state index contributed by atoms with van der Waals surface area (Å²) in [5, 5.41) is 3.79. The fourth-order valence-electron chi connectivity index (χ4n) is 2.51. The van der Waals surface area contributed by atoms with Crippen molar-refractivity contribution in [1.82, 2.24) is 0 Å². The number of methoxy groups -OCH3 is 1. The van der Waals surface area contributed by atoms with Crippen LogP contribution >= 0.6 is 11.6 Å². The van der Waals surface area contributed by atoms with Crippen molar-refractivity contribution in [3.63, 3.8) is 0 Å². The van der Waals surface area contributed by atoms with Gasteiger partial charge in [0.2, 0.25) is 0 Å². The van der Waals surface area contributed by atoms with Gasteiger partial charge in [0, 0.05) is 12.3 Å². The Balaban J connectivity index is 3.00. The zero-order valence-corrected chi connectivity index (χ0v) is 18.2. The third-order valence-electron chi connectivity index (χ3n) is 4.22. The average Bonchev–Trinajstić information content (AvgIpc) is 2.64. The van der Waals surface area contributed by atoms with Crippen molar-refractivity contribution in [1.29, 1.82) is 0 Å². The van der Waals surface area contributed by atoms with E-state index >= 15 is 0 Å². The van der Waals surface area contributed by atoms with E-state index in [-0.39, 0.29) is 6.10 Å². The van der Waals surface area contributed by atoms with E-state index in [1.165, 1.54) is 12.8 Å². The second-order valence-corrected chi connectivity index (χ2v) is 7.11. The number of rotatable bonds is 10. The fourth-order valence-corrected chi connectivity index (χ4v) is 2.56. The molecule has 150 valence electrons. The summed E-state index contributed by atoms with van der Waals surface area (Å²) >= 11 is 6.05. The predicted molar refractivity (Wildman–Crippen MR) is 117 cm³/mol. The van der Waals surface area contributed by atoms with Crippen molar-refractivity contribution < 1.29 is 9.47 Å². The van der Waals surface area contributed by atoms with Gasteiger partial charge in [-0.05, 0) is 50.8 Å². The monoisotopic (exact) mass is 392 g/mol. The molecule has 0 aromatic heterocycles. The van der Waals surface area contributed by atoms with E-state index in [9.17, 15) is 0 Å². The lowest BCUT2D eigenvalue weighted by molar-refractivity contribution is 0.181. The number of amidine groups is 1. The van der Waals surface area contributed by atoms with Crippen LogP contribution in [-0.4, -0.2) is 19.0 Å². The quantitative estimate of drug-likeness (QED) is 0.269. The Morgan fingerprint density at radius 1 is 1.30 bits per heavy atom. The summed E-state index contributed by atoms with van der Waals surface area (Å²) in [5.74, 6) is 2.28. The van der Waals surface area contributed by atoms with Gasteiger partial charge in [0.05, 0.1) is 23.9 Å². The van der Waals surface area contributed by atoms with Crippen molar-refractivity contribution in [2.75, 3.05) is 12.4 Å². The molecule has 1 rings (SSSR count). The second kappa shape index (κ2) is 11.7. The number of nitrogens with zero attached hydrogens (tertiary/aromatic N) is 1. The van der Waals surface area contributed by atoms with Crippen LogP contribution in [0.15, 0.2) is 40.5 Å². The average molecular weight is 393 g/mol. The van der Waals surface area contributed by atoms with Gasteiger partial charge in [0.1, 0.15) is 17.3 Å². The summed E-state index contributed by atoms with van der Waals surface area (Å²) in [4.78, 5) is 4.33. The van der Waals surface area contributed by atoms with Gasteiger partial charge in [-0.1, -0.05) is 44.9 Å². The van der Waals surface area contributed by atoms with Crippen LogP contribution in [0.5, 0.6) is 11.5 Å². The van der Waals surface area contributed by atoms with Gasteiger partial charge in [-0.2, -0.15) is 0 Å². The minimum absolute atomic E-state index is 0.227. The van der Waals surface area contributed by atoms with E-state index < -0.39 is 0 Å². The van der Waals surface area contributed by atoms with E-state index in [4.69, 9.17) is 21.1 Å². The molecule has 1 aromatic rings. The zero-order chi connectivity index (χ0) is 20.4. The van der Waals surface area contributed by atoms with Gasteiger partial charge in [0.15, 0.2) is 0 Å². The molecule has 1 aromatic carbocycles. The van der Waals surface area contributed by atoms with Gasteiger partial charge in [-0.25, -0.2) is 4.99 Å². The van der Waals surface area contributed by atoms with Crippen LogP contribution in [-0.2, 0) is 0 Å². The maximum Gasteiger partial charge on any atom is 0.146 e. The minimum Gasteiger partial charge on any atom is -0.494 e. The molecule has 0 fully saturated rings. The van der Waals surface area contributed by atoms with Crippen molar-refractivity contribution in [3.05, 3.63) is 41.1 Å². The topological polar surface area (TPSA) is 42.9 Å². The number of benzene rings is 1. The zero-order valence-electron chi connectivity index (χ0n) is 17.5. The Morgan fingerprint density at radius 3 is 2.56 bits per heavy atom. The second-order valence-electron chi connectivity index (χ2n) is 6.71. The molecule has 0 amide bonds. The van der Waals surface area contributed by atoms with Crippen LogP contribution in [0.1, 0.15) is 58.9 Å². The molecule has 0 aliphatic heterocycles. The highest BCUT2D eigenvalue weighted by atomic mass is 35.5. The van der Waals surface area contributed by atoms with Crippen LogP contribution in [0.25, 0.3) is 0 Å². The molecule has 1 unspecified atom stereocenters. The molecule has 0 aliphatic rings. The van der Waals surface area contributed by atoms with Crippen LogP contribution in [0.4, 0.5) is 5.69 Å². The Hall–Kier alpha value is -1.94. The van der Waals surface area contributed by atoms with E-state index in [1.807, 2.05) is 32.9 Å². The first-order chi connectivity index (χ1) is 12.8. The van der Waals surface area contributed by atoms with Crippen molar-refractivity contribution in [2.24, 2.45) is 4.99 Å². The molecule has 0 bridgehead atoms. The summed E-state index contributed by atoms with van der Waals surface area (Å²) < 4.78 is 11.8. The van der Waals surface area contributed by atoms with Gasteiger partial charge in [0.25, 0.3) is 0 Å². The predicted octanol–water partition coefficient (Wildman–Crippen LogP) is 6.84. The van der Waals surface area contributed by atoms with Crippen molar-refractivity contribution in [2.45, 2.75) is 66.4 Å². The number of unbranched alkanes of at least 4 members (excludes halogenated alkanes) is 1. The lowest BCUT2D eigenvalue weighted by atomic mass is 10.1. The highest BCUT2D eigenvalue weighted by molar-refractivity contribution is 6.31. The molecule has 0 aliphatic carbocycles. The van der Waals surface area contributed by atoms with E-state index in [0.717, 1.165) is 35.4 Å². The Morgan fingerprint density at radius 2 is 2.00 bits per heavy atom. The standard InChI is InChI=1S/C22H33ClN2O2/c1-8-10-11-18(9-2)27-21-13-22(26-7)20(12-16(21)5)25-17(6)24-14-19(23)15(3)4/h12-14,18H,3,8-11H2,1-2,4-7H3,(H,24,25)/b19-14+. The summed E-state index contributed by atoms with van der Waals surface area (Å²) in [6.45, 7) is 13.9. The molecule has 0 spiro atoms. The smallest absolute Gasteiger partial charge is 0.146 e. The van der Waals surface area contributed by atoms with Gasteiger partial charge < -0.3 is 14.8 Å². The number of hydrogen-bond acceptors (Lipinski definition) is 3. The van der Waals surface area contributed by atoms with Gasteiger partial charge in [-0.15, -0.1) is 0 Å². The van der Waals surface area contributed by atoms with Gasteiger partial charge in [-0.3, -0.25) is 0 Å². The Kier molecular flexibility index (Phi) is 10.0. The maximum absolute atomic E-state index is 6.23. The summed E-state index contributed by atoms with van der Waals surface area (Å²) in [6, 6.07) is 3.96. The fraction of sp³-hybridized carbons (Fsp3) is 0.500. The molecule has 5 heteroatoms. The van der Waals surface area contributed by atoms with E-state index in [1.54, 1.807) is 13.3 Å². The number of hydrogen-bond donors (Lipinski definition) is 1. The maximum atomic E-state index is 6.23. The first kappa shape index (κ1) is 23.1. The number of aliphatic imine (C=N–C) groups is 1.